The Hall–Kier alpha value is -0.980. The second-order valence-corrected chi connectivity index (χ2v) is 5.24. The number of ether oxygens (including phenoxy) is 2. The Morgan fingerprint density at radius 1 is 1.11 bits per heavy atom. The summed E-state index contributed by atoms with van der Waals surface area (Å²) in [5.41, 5.74) is 0. The average Bonchev–Trinajstić information content (AvgIpc) is 2.83. The highest BCUT2D eigenvalue weighted by Crippen LogP contribution is 2.32. The summed E-state index contributed by atoms with van der Waals surface area (Å²) in [5.74, 6) is 1.04. The third-order valence-corrected chi connectivity index (χ3v) is 3.86. The largest absolute Gasteiger partial charge is 0.392 e. The fraction of sp³-hybridized carbons (Fsp3) is 0.846. The van der Waals surface area contributed by atoms with Crippen molar-refractivity contribution in [2.24, 2.45) is 0 Å². The van der Waals surface area contributed by atoms with E-state index in [9.17, 15) is 5.11 Å². The SMILES string of the molecule is OC1CCCCCC1c1nc(C2COCCO2)no1. The molecule has 1 aliphatic carbocycles. The van der Waals surface area contributed by atoms with E-state index in [2.05, 4.69) is 10.1 Å². The zero-order valence-electron chi connectivity index (χ0n) is 11.0. The molecule has 0 radical (unpaired) electrons. The lowest BCUT2D eigenvalue weighted by atomic mass is 9.97. The highest BCUT2D eigenvalue weighted by Gasteiger charge is 2.30. The molecule has 1 N–H and O–H groups in total. The van der Waals surface area contributed by atoms with Gasteiger partial charge in [0.25, 0.3) is 0 Å². The van der Waals surface area contributed by atoms with Gasteiger partial charge in [-0.3, -0.25) is 0 Å². The van der Waals surface area contributed by atoms with Crippen molar-refractivity contribution < 1.29 is 19.1 Å². The van der Waals surface area contributed by atoms with Gasteiger partial charge in [0, 0.05) is 0 Å². The molecule has 0 spiro atoms. The van der Waals surface area contributed by atoms with Gasteiger partial charge in [-0.15, -0.1) is 0 Å². The molecule has 1 aromatic heterocycles. The summed E-state index contributed by atoms with van der Waals surface area (Å²) in [6, 6.07) is 0. The van der Waals surface area contributed by atoms with E-state index in [4.69, 9.17) is 14.0 Å². The highest BCUT2D eigenvalue weighted by atomic mass is 16.6. The van der Waals surface area contributed by atoms with Crippen LogP contribution in [0.4, 0.5) is 0 Å². The Morgan fingerprint density at radius 2 is 2.00 bits per heavy atom. The zero-order chi connectivity index (χ0) is 13.1. The molecule has 1 aromatic rings. The second kappa shape index (κ2) is 5.98. The maximum absolute atomic E-state index is 10.1. The van der Waals surface area contributed by atoms with Gasteiger partial charge in [-0.25, -0.2) is 0 Å². The molecule has 0 aromatic carbocycles. The first-order valence-electron chi connectivity index (χ1n) is 7.05. The lowest BCUT2D eigenvalue weighted by molar-refractivity contribution is -0.0941. The van der Waals surface area contributed by atoms with Crippen LogP contribution in [0.25, 0.3) is 0 Å². The molecule has 106 valence electrons. The fourth-order valence-electron chi connectivity index (χ4n) is 2.74. The van der Waals surface area contributed by atoms with Crippen molar-refractivity contribution in [1.82, 2.24) is 10.1 Å². The molecule has 19 heavy (non-hydrogen) atoms. The van der Waals surface area contributed by atoms with Crippen LogP contribution in [0.5, 0.6) is 0 Å². The van der Waals surface area contributed by atoms with Crippen molar-refractivity contribution in [2.45, 2.75) is 50.2 Å². The van der Waals surface area contributed by atoms with Gasteiger partial charge in [0.1, 0.15) is 6.10 Å². The predicted molar refractivity (Wildman–Crippen MR) is 65.6 cm³/mol. The number of nitrogens with zero attached hydrogens (tertiary/aromatic N) is 2. The van der Waals surface area contributed by atoms with Gasteiger partial charge >= 0.3 is 0 Å². The summed E-state index contributed by atoms with van der Waals surface area (Å²) >= 11 is 0. The zero-order valence-corrected chi connectivity index (χ0v) is 11.0. The van der Waals surface area contributed by atoms with E-state index in [-0.39, 0.29) is 18.1 Å². The Labute approximate surface area is 112 Å². The van der Waals surface area contributed by atoms with Crippen molar-refractivity contribution in [2.75, 3.05) is 19.8 Å². The second-order valence-electron chi connectivity index (χ2n) is 5.24. The Balaban J connectivity index is 1.72. The summed E-state index contributed by atoms with van der Waals surface area (Å²) in [5, 5.41) is 14.1. The van der Waals surface area contributed by atoms with Crippen LogP contribution in [-0.2, 0) is 9.47 Å². The van der Waals surface area contributed by atoms with Crippen LogP contribution in [0.15, 0.2) is 4.52 Å². The first kappa shape index (κ1) is 13.0. The number of hydrogen-bond acceptors (Lipinski definition) is 6. The molecule has 1 saturated carbocycles. The molecule has 2 aliphatic rings. The molecule has 1 saturated heterocycles. The summed E-state index contributed by atoms with van der Waals surface area (Å²) in [6.07, 6.45) is 4.43. The van der Waals surface area contributed by atoms with Crippen molar-refractivity contribution in [3.05, 3.63) is 11.7 Å². The number of aliphatic hydroxyl groups is 1. The summed E-state index contributed by atoms with van der Waals surface area (Å²) in [7, 11) is 0. The first-order valence-corrected chi connectivity index (χ1v) is 7.05. The molecule has 6 heteroatoms. The molecule has 0 bridgehead atoms. The monoisotopic (exact) mass is 268 g/mol. The van der Waals surface area contributed by atoms with Crippen LogP contribution in [0.3, 0.4) is 0 Å². The van der Waals surface area contributed by atoms with E-state index < -0.39 is 0 Å². The summed E-state index contributed by atoms with van der Waals surface area (Å²) in [4.78, 5) is 4.41. The normalized spacial score (nSPS) is 33.0. The van der Waals surface area contributed by atoms with Crippen LogP contribution >= 0.6 is 0 Å². The van der Waals surface area contributed by atoms with Gasteiger partial charge < -0.3 is 19.1 Å². The lowest BCUT2D eigenvalue weighted by Gasteiger charge is -2.19. The third kappa shape index (κ3) is 2.96. The topological polar surface area (TPSA) is 77.6 Å². The minimum atomic E-state index is -0.376. The maximum Gasteiger partial charge on any atom is 0.232 e. The van der Waals surface area contributed by atoms with Crippen LogP contribution in [0.1, 0.15) is 55.8 Å². The maximum atomic E-state index is 10.1. The van der Waals surface area contributed by atoms with E-state index in [0.717, 1.165) is 32.1 Å². The van der Waals surface area contributed by atoms with Gasteiger partial charge in [-0.2, -0.15) is 4.98 Å². The Bertz CT molecular complexity index is 403. The van der Waals surface area contributed by atoms with Crippen LogP contribution in [0, 0.1) is 0 Å². The number of aliphatic hydroxyl groups excluding tert-OH is 1. The molecule has 3 atom stereocenters. The molecule has 0 amide bonds. The minimum Gasteiger partial charge on any atom is -0.392 e. The van der Waals surface area contributed by atoms with E-state index in [1.807, 2.05) is 0 Å². The lowest BCUT2D eigenvalue weighted by Crippen LogP contribution is -2.23. The molecule has 3 rings (SSSR count). The van der Waals surface area contributed by atoms with Crippen LogP contribution < -0.4 is 0 Å². The van der Waals surface area contributed by atoms with Gasteiger partial charge in [-0.1, -0.05) is 24.4 Å². The smallest absolute Gasteiger partial charge is 0.232 e. The van der Waals surface area contributed by atoms with Gasteiger partial charge in [0.05, 0.1) is 31.8 Å². The van der Waals surface area contributed by atoms with E-state index in [1.165, 1.54) is 0 Å². The van der Waals surface area contributed by atoms with Gasteiger partial charge in [0.15, 0.2) is 0 Å². The van der Waals surface area contributed by atoms with Gasteiger partial charge in [-0.05, 0) is 12.8 Å². The number of hydrogen-bond donors (Lipinski definition) is 1. The van der Waals surface area contributed by atoms with E-state index in [1.54, 1.807) is 0 Å². The summed E-state index contributed by atoms with van der Waals surface area (Å²) in [6.45, 7) is 1.63. The molecule has 2 heterocycles. The van der Waals surface area contributed by atoms with Crippen molar-refractivity contribution in [3.63, 3.8) is 0 Å². The third-order valence-electron chi connectivity index (χ3n) is 3.86. The number of aromatic nitrogens is 2. The minimum absolute atomic E-state index is 0.0340. The summed E-state index contributed by atoms with van der Waals surface area (Å²) < 4.78 is 16.2. The molecular weight excluding hydrogens is 248 g/mol. The van der Waals surface area contributed by atoms with Crippen molar-refractivity contribution in [3.8, 4) is 0 Å². The van der Waals surface area contributed by atoms with Crippen LogP contribution in [-0.4, -0.2) is 41.2 Å². The Morgan fingerprint density at radius 3 is 2.84 bits per heavy atom. The van der Waals surface area contributed by atoms with E-state index >= 15 is 0 Å². The molecule has 3 unspecified atom stereocenters. The molecular formula is C13H20N2O4. The Kier molecular flexibility index (Phi) is 4.10. The highest BCUT2D eigenvalue weighted by molar-refractivity contribution is 5.00. The molecule has 2 fully saturated rings. The number of rotatable bonds is 2. The quantitative estimate of drug-likeness (QED) is 0.820. The average molecular weight is 268 g/mol. The van der Waals surface area contributed by atoms with Crippen molar-refractivity contribution >= 4 is 0 Å². The van der Waals surface area contributed by atoms with Crippen molar-refractivity contribution in [1.29, 1.82) is 0 Å². The predicted octanol–water partition coefficient (Wildman–Crippen LogP) is 1.57. The van der Waals surface area contributed by atoms with E-state index in [0.29, 0.717) is 31.5 Å². The molecule has 6 nitrogen and oxygen atoms in total. The van der Waals surface area contributed by atoms with Crippen LogP contribution in [0.2, 0.25) is 0 Å². The fourth-order valence-corrected chi connectivity index (χ4v) is 2.74. The standard InChI is InChI=1S/C13H20N2O4/c16-10-5-3-1-2-4-9(10)13-14-12(15-19-13)11-8-17-6-7-18-11/h9-11,16H,1-8H2. The first-order chi connectivity index (χ1) is 9.34. The van der Waals surface area contributed by atoms with Gasteiger partial charge in [0.2, 0.25) is 11.7 Å². The molecule has 1 aliphatic heterocycles.